The molecule has 2 N–H and O–H groups in total. The summed E-state index contributed by atoms with van der Waals surface area (Å²) in [5, 5.41) is 8.90. The standard InChI is InChI=1S/C12H14F3N3/c1-8(17)11(12(13,14)15)18(2)10-6-4-3-5-9(10)7-16/h3-6,8,11H,17H2,1-2H3. The minimum atomic E-state index is -4.45. The zero-order chi connectivity index (χ0) is 13.9. The largest absolute Gasteiger partial charge is 0.410 e. The summed E-state index contributed by atoms with van der Waals surface area (Å²) < 4.78 is 38.8. The SMILES string of the molecule is CC(N)C(N(C)c1ccccc1C#N)C(F)(F)F. The van der Waals surface area contributed by atoms with E-state index in [2.05, 4.69) is 0 Å². The van der Waals surface area contributed by atoms with E-state index in [1.807, 2.05) is 6.07 Å². The Morgan fingerprint density at radius 3 is 2.33 bits per heavy atom. The number of para-hydroxylation sites is 1. The van der Waals surface area contributed by atoms with Crippen LogP contribution >= 0.6 is 0 Å². The summed E-state index contributed by atoms with van der Waals surface area (Å²) in [5.74, 6) is 0. The van der Waals surface area contributed by atoms with Crippen molar-refractivity contribution in [2.45, 2.75) is 25.2 Å². The lowest BCUT2D eigenvalue weighted by Gasteiger charge is -2.34. The fourth-order valence-corrected chi connectivity index (χ4v) is 1.90. The number of nitrogens with zero attached hydrogens (tertiary/aromatic N) is 2. The van der Waals surface area contributed by atoms with Crippen LogP contribution in [0, 0.1) is 11.3 Å². The third kappa shape index (κ3) is 2.93. The zero-order valence-electron chi connectivity index (χ0n) is 10.1. The number of hydrogen-bond donors (Lipinski definition) is 1. The summed E-state index contributed by atoms with van der Waals surface area (Å²) in [5.41, 5.74) is 5.82. The van der Waals surface area contributed by atoms with Crippen molar-refractivity contribution in [1.29, 1.82) is 5.26 Å². The third-order valence-electron chi connectivity index (χ3n) is 2.66. The van der Waals surface area contributed by atoms with Gasteiger partial charge in [-0.3, -0.25) is 0 Å². The highest BCUT2D eigenvalue weighted by Crippen LogP contribution is 2.30. The lowest BCUT2D eigenvalue weighted by molar-refractivity contribution is -0.151. The molecule has 0 amide bonds. The van der Waals surface area contributed by atoms with Gasteiger partial charge in [-0.05, 0) is 19.1 Å². The molecule has 3 nitrogen and oxygen atoms in total. The molecule has 1 aromatic rings. The van der Waals surface area contributed by atoms with E-state index in [0.717, 1.165) is 4.90 Å². The van der Waals surface area contributed by atoms with E-state index in [4.69, 9.17) is 11.0 Å². The molecule has 1 aromatic carbocycles. The van der Waals surface area contributed by atoms with E-state index in [-0.39, 0.29) is 11.3 Å². The van der Waals surface area contributed by atoms with Gasteiger partial charge in [0.15, 0.2) is 0 Å². The van der Waals surface area contributed by atoms with Crippen LogP contribution in [0.1, 0.15) is 12.5 Å². The highest BCUT2D eigenvalue weighted by Gasteiger charge is 2.45. The van der Waals surface area contributed by atoms with Crippen molar-refractivity contribution in [2.75, 3.05) is 11.9 Å². The van der Waals surface area contributed by atoms with E-state index in [1.54, 1.807) is 12.1 Å². The molecule has 2 atom stereocenters. The Hall–Kier alpha value is -1.74. The van der Waals surface area contributed by atoms with E-state index in [0.29, 0.717) is 0 Å². The molecule has 0 aromatic heterocycles. The van der Waals surface area contributed by atoms with Crippen molar-refractivity contribution < 1.29 is 13.2 Å². The lowest BCUT2D eigenvalue weighted by Crippen LogP contribution is -2.54. The minimum Gasteiger partial charge on any atom is -0.361 e. The van der Waals surface area contributed by atoms with Crippen LogP contribution < -0.4 is 10.6 Å². The van der Waals surface area contributed by atoms with Crippen LogP contribution in [0.3, 0.4) is 0 Å². The Kier molecular flexibility index (Phi) is 4.19. The maximum absolute atomic E-state index is 12.9. The number of hydrogen-bond acceptors (Lipinski definition) is 3. The molecule has 0 saturated heterocycles. The van der Waals surface area contributed by atoms with Gasteiger partial charge in [-0.1, -0.05) is 12.1 Å². The number of halogens is 3. The Morgan fingerprint density at radius 2 is 1.89 bits per heavy atom. The van der Waals surface area contributed by atoms with Crippen LogP contribution in [-0.4, -0.2) is 25.3 Å². The average Bonchev–Trinajstić information content (AvgIpc) is 2.26. The Labute approximate surface area is 104 Å². The smallest absolute Gasteiger partial charge is 0.361 e. The van der Waals surface area contributed by atoms with Crippen molar-refractivity contribution in [3.63, 3.8) is 0 Å². The number of benzene rings is 1. The van der Waals surface area contributed by atoms with Crippen molar-refractivity contribution in [1.82, 2.24) is 0 Å². The van der Waals surface area contributed by atoms with Crippen LogP contribution in [0.5, 0.6) is 0 Å². The van der Waals surface area contributed by atoms with Crippen LogP contribution in [0.15, 0.2) is 24.3 Å². The minimum absolute atomic E-state index is 0.190. The third-order valence-corrected chi connectivity index (χ3v) is 2.66. The number of likely N-dealkylation sites (N-methyl/N-ethyl adjacent to an activating group) is 1. The molecular weight excluding hydrogens is 243 g/mol. The second-order valence-electron chi connectivity index (χ2n) is 4.09. The predicted octanol–water partition coefficient (Wildman–Crippen LogP) is 2.27. The summed E-state index contributed by atoms with van der Waals surface area (Å²) in [7, 11) is 1.29. The van der Waals surface area contributed by atoms with Gasteiger partial charge in [0.05, 0.1) is 11.3 Å². The van der Waals surface area contributed by atoms with Crippen LogP contribution in [0.4, 0.5) is 18.9 Å². The summed E-state index contributed by atoms with van der Waals surface area (Å²) in [4.78, 5) is 1.00. The first-order valence-electron chi connectivity index (χ1n) is 5.33. The number of rotatable bonds is 3. The number of alkyl halides is 3. The molecular formula is C12H14F3N3. The van der Waals surface area contributed by atoms with Gasteiger partial charge >= 0.3 is 6.18 Å². The second kappa shape index (κ2) is 5.27. The maximum Gasteiger partial charge on any atom is 0.410 e. The molecule has 0 aliphatic rings. The predicted molar refractivity (Wildman–Crippen MR) is 63.1 cm³/mol. The van der Waals surface area contributed by atoms with Crippen molar-refractivity contribution >= 4 is 5.69 Å². The highest BCUT2D eigenvalue weighted by molar-refractivity contribution is 5.59. The molecule has 1 rings (SSSR count). The molecule has 0 fully saturated rings. The normalized spacial score (nSPS) is 14.7. The van der Waals surface area contributed by atoms with Crippen molar-refractivity contribution in [3.8, 4) is 6.07 Å². The van der Waals surface area contributed by atoms with Crippen LogP contribution in [-0.2, 0) is 0 Å². The van der Waals surface area contributed by atoms with Gasteiger partial charge in [0.25, 0.3) is 0 Å². The summed E-state index contributed by atoms with van der Waals surface area (Å²) in [6, 6.07) is 5.08. The van der Waals surface area contributed by atoms with Gasteiger partial charge in [-0.2, -0.15) is 18.4 Å². The summed E-state index contributed by atoms with van der Waals surface area (Å²) in [6.45, 7) is 1.30. The highest BCUT2D eigenvalue weighted by atomic mass is 19.4. The maximum atomic E-state index is 12.9. The van der Waals surface area contributed by atoms with Crippen molar-refractivity contribution in [2.24, 2.45) is 5.73 Å². The Bertz CT molecular complexity index is 449. The molecule has 0 aliphatic carbocycles. The van der Waals surface area contributed by atoms with Gasteiger partial charge in [-0.25, -0.2) is 0 Å². The van der Waals surface area contributed by atoms with Crippen molar-refractivity contribution in [3.05, 3.63) is 29.8 Å². The van der Waals surface area contributed by atoms with Crippen LogP contribution in [0.2, 0.25) is 0 Å². The monoisotopic (exact) mass is 257 g/mol. The quantitative estimate of drug-likeness (QED) is 0.903. The van der Waals surface area contributed by atoms with Gasteiger partial charge < -0.3 is 10.6 Å². The zero-order valence-corrected chi connectivity index (χ0v) is 10.1. The topological polar surface area (TPSA) is 53.0 Å². The van der Waals surface area contributed by atoms with Gasteiger partial charge in [-0.15, -0.1) is 0 Å². The second-order valence-corrected chi connectivity index (χ2v) is 4.09. The molecule has 2 unspecified atom stereocenters. The molecule has 18 heavy (non-hydrogen) atoms. The number of nitriles is 1. The first-order valence-corrected chi connectivity index (χ1v) is 5.33. The molecule has 0 aliphatic heterocycles. The van der Waals surface area contributed by atoms with E-state index < -0.39 is 18.3 Å². The molecule has 0 bridgehead atoms. The van der Waals surface area contributed by atoms with E-state index in [1.165, 1.54) is 26.1 Å². The van der Waals surface area contributed by atoms with E-state index >= 15 is 0 Å². The number of anilines is 1. The molecule has 0 radical (unpaired) electrons. The Balaban J connectivity index is 3.19. The van der Waals surface area contributed by atoms with Gasteiger partial charge in [0.2, 0.25) is 0 Å². The first-order chi connectivity index (χ1) is 8.29. The molecule has 6 heteroatoms. The fourth-order valence-electron chi connectivity index (χ4n) is 1.90. The summed E-state index contributed by atoms with van der Waals surface area (Å²) in [6.07, 6.45) is -4.45. The summed E-state index contributed by atoms with van der Waals surface area (Å²) >= 11 is 0. The first kappa shape index (κ1) is 14.3. The average molecular weight is 257 g/mol. The fraction of sp³-hybridized carbons (Fsp3) is 0.417. The Morgan fingerprint density at radius 1 is 1.33 bits per heavy atom. The molecule has 0 spiro atoms. The molecule has 0 heterocycles. The number of nitrogens with two attached hydrogens (primary N) is 1. The van der Waals surface area contributed by atoms with Gasteiger partial charge in [0, 0.05) is 13.1 Å². The van der Waals surface area contributed by atoms with Crippen LogP contribution in [0.25, 0.3) is 0 Å². The molecule has 0 saturated carbocycles. The van der Waals surface area contributed by atoms with Gasteiger partial charge in [0.1, 0.15) is 12.1 Å². The molecule has 98 valence electrons. The van der Waals surface area contributed by atoms with E-state index in [9.17, 15) is 13.2 Å². The lowest BCUT2D eigenvalue weighted by atomic mass is 10.1.